The van der Waals surface area contributed by atoms with Crippen molar-refractivity contribution in [2.45, 2.75) is 23.8 Å². The number of ketones is 1. The second-order valence-electron chi connectivity index (χ2n) is 9.72. The summed E-state index contributed by atoms with van der Waals surface area (Å²) in [7, 11) is -4.05. The van der Waals surface area contributed by atoms with Crippen LogP contribution in [0.15, 0.2) is 63.9 Å². The summed E-state index contributed by atoms with van der Waals surface area (Å²) in [5, 5.41) is 14.1. The lowest BCUT2D eigenvalue weighted by Gasteiger charge is -2.33. The van der Waals surface area contributed by atoms with Gasteiger partial charge in [-0.2, -0.15) is 9.57 Å². The van der Waals surface area contributed by atoms with Gasteiger partial charge in [-0.25, -0.2) is 13.4 Å². The molecule has 3 aromatic rings. The number of hydrogen-bond donors (Lipinski definition) is 3. The molecule has 45 heavy (non-hydrogen) atoms. The van der Waals surface area contributed by atoms with Crippen LogP contribution in [0.2, 0.25) is 5.02 Å². The highest BCUT2D eigenvalue weighted by Crippen LogP contribution is 2.30. The van der Waals surface area contributed by atoms with Crippen LogP contribution in [-0.4, -0.2) is 84.9 Å². The van der Waals surface area contributed by atoms with Crippen molar-refractivity contribution >= 4 is 56.5 Å². The average molecular weight is 673 g/mol. The number of ether oxygens (including phenoxy) is 1. The van der Waals surface area contributed by atoms with Crippen molar-refractivity contribution in [3.63, 3.8) is 0 Å². The lowest BCUT2D eigenvalue weighted by molar-refractivity contribution is -0.138. The van der Waals surface area contributed by atoms with Gasteiger partial charge in [0.05, 0.1) is 29.0 Å². The molecule has 0 aliphatic carbocycles. The number of nitriles is 1. The van der Waals surface area contributed by atoms with Crippen molar-refractivity contribution in [2.75, 3.05) is 32.7 Å². The first kappa shape index (κ1) is 33.3. The maximum Gasteiger partial charge on any atom is 0.243 e. The summed E-state index contributed by atoms with van der Waals surface area (Å²) in [5.74, 6) is -1.11. The van der Waals surface area contributed by atoms with Gasteiger partial charge in [0.15, 0.2) is 11.0 Å². The van der Waals surface area contributed by atoms with Gasteiger partial charge in [0.25, 0.3) is 0 Å². The Labute approximate surface area is 268 Å². The second kappa shape index (κ2) is 14.9. The summed E-state index contributed by atoms with van der Waals surface area (Å²) in [6.07, 6.45) is 2.13. The standard InChI is InChI=1S/C28H29ClN8O6S2/c29-21-3-1-5-23(20(21)15-30)43-18-6-8-19(9-7-18)45(41,42)37-13-12-36(25(39)17-37)16-24(38)35-22(4-2-10-34-28(31)32)26(40)27-33-11-14-44-27/h1,3,5-9,11,14,22H,2,4,10,12-13,16-17H2,(H,35,38)(H4,31,32,34). The van der Waals surface area contributed by atoms with Gasteiger partial charge >= 0.3 is 0 Å². The topological polar surface area (TPSA) is 214 Å². The minimum atomic E-state index is -4.05. The van der Waals surface area contributed by atoms with E-state index in [1.807, 2.05) is 6.07 Å². The number of thiazole rings is 1. The summed E-state index contributed by atoms with van der Waals surface area (Å²) in [6, 6.07) is 11.3. The van der Waals surface area contributed by atoms with Gasteiger partial charge in [-0.1, -0.05) is 17.7 Å². The lowest BCUT2D eigenvalue weighted by Crippen LogP contribution is -2.55. The van der Waals surface area contributed by atoms with E-state index < -0.39 is 34.4 Å². The number of carbonyl (C=O) groups excluding carboxylic acids is 3. The number of sulfonamides is 1. The molecule has 0 radical (unpaired) electrons. The van der Waals surface area contributed by atoms with E-state index in [-0.39, 0.29) is 76.3 Å². The number of amides is 2. The van der Waals surface area contributed by atoms with Gasteiger partial charge in [-0.05, 0) is 49.2 Å². The van der Waals surface area contributed by atoms with Gasteiger partial charge in [0.1, 0.15) is 23.1 Å². The molecular weight excluding hydrogens is 644 g/mol. The predicted octanol–water partition coefficient (Wildman–Crippen LogP) is 1.71. The molecule has 0 bridgehead atoms. The SMILES string of the molecule is N#Cc1c(Cl)cccc1Oc1ccc(S(=O)(=O)N2CCN(CC(=O)NC(CCCN=C(N)N)C(=O)c3nccs3)C(=O)C2)cc1. The van der Waals surface area contributed by atoms with Gasteiger partial charge in [0, 0.05) is 31.2 Å². The Morgan fingerprint density at radius 1 is 1.20 bits per heavy atom. The molecule has 0 saturated carbocycles. The molecule has 1 fully saturated rings. The molecule has 4 rings (SSSR count). The summed E-state index contributed by atoms with van der Waals surface area (Å²) in [4.78, 5) is 47.8. The average Bonchev–Trinajstić information content (AvgIpc) is 3.55. The van der Waals surface area contributed by atoms with Crippen molar-refractivity contribution < 1.29 is 27.5 Å². The Hall–Kier alpha value is -4.56. The lowest BCUT2D eigenvalue weighted by atomic mass is 10.1. The van der Waals surface area contributed by atoms with E-state index in [1.165, 1.54) is 35.4 Å². The van der Waals surface area contributed by atoms with E-state index in [4.69, 9.17) is 27.8 Å². The smallest absolute Gasteiger partial charge is 0.243 e. The highest BCUT2D eigenvalue weighted by Gasteiger charge is 2.34. The Morgan fingerprint density at radius 3 is 2.60 bits per heavy atom. The van der Waals surface area contributed by atoms with Crippen LogP contribution in [0.1, 0.15) is 28.2 Å². The number of Topliss-reactive ketones (excluding diaryl/α,β-unsaturated/α-hetero) is 1. The van der Waals surface area contributed by atoms with E-state index in [1.54, 1.807) is 23.6 Å². The number of hydrogen-bond acceptors (Lipinski definition) is 10. The summed E-state index contributed by atoms with van der Waals surface area (Å²) >= 11 is 7.18. The number of nitrogens with one attached hydrogen (secondary N) is 1. The van der Waals surface area contributed by atoms with Crippen molar-refractivity contribution in [3.05, 3.63) is 69.6 Å². The number of carbonyl (C=O) groups is 3. The van der Waals surface area contributed by atoms with E-state index in [9.17, 15) is 28.1 Å². The van der Waals surface area contributed by atoms with E-state index in [2.05, 4.69) is 15.3 Å². The van der Waals surface area contributed by atoms with Gasteiger partial charge in [-0.3, -0.25) is 19.4 Å². The fourth-order valence-corrected chi connectivity index (χ4v) is 6.61. The molecule has 236 valence electrons. The normalized spacial score (nSPS) is 14.3. The van der Waals surface area contributed by atoms with Gasteiger partial charge < -0.3 is 26.4 Å². The number of aliphatic imine (C=N–C) groups is 1. The number of rotatable bonds is 13. The van der Waals surface area contributed by atoms with E-state index >= 15 is 0 Å². The molecule has 14 nitrogen and oxygen atoms in total. The number of benzene rings is 2. The molecule has 1 aliphatic rings. The van der Waals surface area contributed by atoms with Crippen LogP contribution in [0.4, 0.5) is 0 Å². The molecule has 1 unspecified atom stereocenters. The number of guanidine groups is 1. The third kappa shape index (κ3) is 8.54. The monoisotopic (exact) mass is 672 g/mol. The number of piperazine rings is 1. The Morgan fingerprint density at radius 2 is 1.96 bits per heavy atom. The number of nitrogens with two attached hydrogens (primary N) is 2. The quantitative estimate of drug-likeness (QED) is 0.103. The Balaban J connectivity index is 1.35. The first-order chi connectivity index (χ1) is 21.5. The zero-order valence-corrected chi connectivity index (χ0v) is 26.1. The van der Waals surface area contributed by atoms with Crippen LogP contribution in [0.5, 0.6) is 11.5 Å². The fourth-order valence-electron chi connectivity index (χ4n) is 4.39. The third-order valence-electron chi connectivity index (χ3n) is 6.63. The van der Waals surface area contributed by atoms with Crippen LogP contribution >= 0.6 is 22.9 Å². The zero-order valence-electron chi connectivity index (χ0n) is 23.8. The largest absolute Gasteiger partial charge is 0.456 e. The van der Waals surface area contributed by atoms with Crippen LogP contribution in [0, 0.1) is 11.3 Å². The minimum Gasteiger partial charge on any atom is -0.456 e. The Bertz CT molecular complexity index is 1720. The number of aromatic nitrogens is 1. The molecule has 1 atom stereocenters. The van der Waals surface area contributed by atoms with Gasteiger partial charge in [0.2, 0.25) is 27.6 Å². The summed E-state index contributed by atoms with van der Waals surface area (Å²) in [5.41, 5.74) is 10.8. The minimum absolute atomic E-state index is 0.0338. The second-order valence-corrected chi connectivity index (χ2v) is 13.0. The Kier molecular flexibility index (Phi) is 11.1. The van der Waals surface area contributed by atoms with Crippen molar-refractivity contribution in [3.8, 4) is 17.6 Å². The summed E-state index contributed by atoms with van der Waals surface area (Å²) in [6.45, 7) is -0.652. The molecule has 0 spiro atoms. The third-order valence-corrected chi connectivity index (χ3v) is 9.60. The van der Waals surface area contributed by atoms with Crippen LogP contribution < -0.4 is 21.5 Å². The molecule has 1 aromatic heterocycles. The van der Waals surface area contributed by atoms with Crippen molar-refractivity contribution in [1.82, 2.24) is 19.5 Å². The number of halogens is 1. The maximum atomic E-state index is 13.3. The molecule has 2 aromatic carbocycles. The van der Waals surface area contributed by atoms with E-state index in [0.717, 1.165) is 15.6 Å². The van der Waals surface area contributed by atoms with Crippen LogP contribution in [0.3, 0.4) is 0 Å². The molecule has 5 N–H and O–H groups in total. The molecular formula is C28H29ClN8O6S2. The fraction of sp³-hybridized carbons (Fsp3) is 0.286. The highest BCUT2D eigenvalue weighted by molar-refractivity contribution is 7.89. The van der Waals surface area contributed by atoms with Crippen molar-refractivity contribution in [2.24, 2.45) is 16.5 Å². The molecule has 2 heterocycles. The maximum absolute atomic E-state index is 13.3. The van der Waals surface area contributed by atoms with Crippen molar-refractivity contribution in [1.29, 1.82) is 5.26 Å². The van der Waals surface area contributed by atoms with Crippen LogP contribution in [0.25, 0.3) is 0 Å². The van der Waals surface area contributed by atoms with Gasteiger partial charge in [-0.15, -0.1) is 11.3 Å². The highest BCUT2D eigenvalue weighted by atomic mass is 35.5. The first-order valence-electron chi connectivity index (χ1n) is 13.5. The number of nitrogens with zero attached hydrogens (tertiary/aromatic N) is 5. The first-order valence-corrected chi connectivity index (χ1v) is 16.2. The van der Waals surface area contributed by atoms with Crippen LogP contribution in [-0.2, 0) is 19.6 Å². The molecule has 1 saturated heterocycles. The molecule has 2 amide bonds. The molecule has 17 heteroatoms. The zero-order chi connectivity index (χ0) is 32.6. The summed E-state index contributed by atoms with van der Waals surface area (Å²) < 4.78 is 33.3. The van der Waals surface area contributed by atoms with E-state index in [0.29, 0.717) is 6.42 Å². The predicted molar refractivity (Wildman–Crippen MR) is 166 cm³/mol. The molecule has 1 aliphatic heterocycles.